The summed E-state index contributed by atoms with van der Waals surface area (Å²) in [5, 5.41) is 18.5. The summed E-state index contributed by atoms with van der Waals surface area (Å²) in [7, 11) is 0. The number of halogens is 1. The molecular formula is C16H14BrNO2. The molecule has 0 amide bonds. The van der Waals surface area contributed by atoms with Crippen LogP contribution in [0.1, 0.15) is 22.3 Å². The van der Waals surface area contributed by atoms with Crippen molar-refractivity contribution >= 4 is 15.9 Å². The Bertz CT molecular complexity index is 662. The first-order chi connectivity index (χ1) is 9.65. The van der Waals surface area contributed by atoms with Gasteiger partial charge >= 0.3 is 0 Å². The van der Waals surface area contributed by atoms with Gasteiger partial charge in [0, 0.05) is 15.6 Å². The van der Waals surface area contributed by atoms with E-state index in [4.69, 9.17) is 10.00 Å². The van der Waals surface area contributed by atoms with Gasteiger partial charge in [-0.3, -0.25) is 0 Å². The van der Waals surface area contributed by atoms with Crippen LogP contribution >= 0.6 is 15.9 Å². The highest BCUT2D eigenvalue weighted by atomic mass is 79.9. The first kappa shape index (κ1) is 14.6. The summed E-state index contributed by atoms with van der Waals surface area (Å²) in [4.78, 5) is 0. The molecule has 2 rings (SSSR count). The predicted molar refractivity (Wildman–Crippen MR) is 80.3 cm³/mol. The second-order valence-electron chi connectivity index (χ2n) is 4.43. The van der Waals surface area contributed by atoms with Crippen molar-refractivity contribution in [1.29, 1.82) is 5.26 Å². The Morgan fingerprint density at radius 3 is 2.70 bits per heavy atom. The van der Waals surface area contributed by atoms with Gasteiger partial charge in [0.25, 0.3) is 0 Å². The van der Waals surface area contributed by atoms with Crippen molar-refractivity contribution in [2.75, 3.05) is 0 Å². The van der Waals surface area contributed by atoms with Gasteiger partial charge in [0.1, 0.15) is 12.4 Å². The largest absolute Gasteiger partial charge is 0.488 e. The third kappa shape index (κ3) is 3.19. The van der Waals surface area contributed by atoms with E-state index in [-0.39, 0.29) is 6.61 Å². The van der Waals surface area contributed by atoms with Crippen molar-refractivity contribution in [3.05, 3.63) is 63.1 Å². The van der Waals surface area contributed by atoms with Crippen LogP contribution in [0, 0.1) is 18.3 Å². The van der Waals surface area contributed by atoms with Crippen molar-refractivity contribution in [1.82, 2.24) is 0 Å². The lowest BCUT2D eigenvalue weighted by molar-refractivity contribution is 0.258. The van der Waals surface area contributed by atoms with E-state index in [1.165, 1.54) is 0 Å². The standard InChI is InChI=1S/C16H14BrNO2/c1-11-6-15(17)7-14(9-19)16(11)20-10-13-5-3-2-4-12(13)8-18/h2-7,19H,9-10H2,1H3. The van der Waals surface area contributed by atoms with E-state index in [1.807, 2.05) is 37.3 Å². The molecule has 2 aromatic rings. The molecule has 0 aromatic heterocycles. The molecular weight excluding hydrogens is 318 g/mol. The summed E-state index contributed by atoms with van der Waals surface area (Å²) < 4.78 is 6.72. The molecule has 0 aliphatic heterocycles. The van der Waals surface area contributed by atoms with E-state index in [1.54, 1.807) is 6.07 Å². The number of benzene rings is 2. The van der Waals surface area contributed by atoms with Gasteiger partial charge in [0.05, 0.1) is 18.2 Å². The SMILES string of the molecule is Cc1cc(Br)cc(CO)c1OCc1ccccc1C#N. The minimum atomic E-state index is -0.0878. The van der Waals surface area contributed by atoms with Gasteiger partial charge < -0.3 is 9.84 Å². The van der Waals surface area contributed by atoms with Gasteiger partial charge in [-0.05, 0) is 30.7 Å². The van der Waals surface area contributed by atoms with E-state index in [0.29, 0.717) is 17.9 Å². The highest BCUT2D eigenvalue weighted by Gasteiger charge is 2.10. The van der Waals surface area contributed by atoms with E-state index >= 15 is 0 Å². The second kappa shape index (κ2) is 6.56. The molecule has 0 spiro atoms. The Hall–Kier alpha value is -1.83. The fraction of sp³-hybridized carbons (Fsp3) is 0.188. The van der Waals surface area contributed by atoms with Crippen molar-refractivity contribution in [2.24, 2.45) is 0 Å². The highest BCUT2D eigenvalue weighted by molar-refractivity contribution is 9.10. The summed E-state index contributed by atoms with van der Waals surface area (Å²) in [5.74, 6) is 0.670. The zero-order valence-corrected chi connectivity index (χ0v) is 12.6. The molecule has 4 heteroatoms. The van der Waals surface area contributed by atoms with Crippen LogP contribution in [0.15, 0.2) is 40.9 Å². The number of aliphatic hydroxyl groups is 1. The summed E-state index contributed by atoms with van der Waals surface area (Å²) in [6.45, 7) is 2.14. The van der Waals surface area contributed by atoms with E-state index in [9.17, 15) is 5.11 Å². The number of nitriles is 1. The molecule has 102 valence electrons. The molecule has 0 heterocycles. The summed E-state index contributed by atoms with van der Waals surface area (Å²) >= 11 is 3.40. The normalized spacial score (nSPS) is 10.1. The molecule has 0 saturated carbocycles. The van der Waals surface area contributed by atoms with Gasteiger partial charge in [-0.15, -0.1) is 0 Å². The maximum Gasteiger partial charge on any atom is 0.128 e. The third-order valence-electron chi connectivity index (χ3n) is 3.00. The topological polar surface area (TPSA) is 53.2 Å². The van der Waals surface area contributed by atoms with Crippen molar-refractivity contribution in [3.8, 4) is 11.8 Å². The maximum absolute atomic E-state index is 9.41. The fourth-order valence-electron chi connectivity index (χ4n) is 2.03. The zero-order chi connectivity index (χ0) is 14.5. The van der Waals surface area contributed by atoms with Gasteiger partial charge in [0.15, 0.2) is 0 Å². The number of hydrogen-bond acceptors (Lipinski definition) is 3. The summed E-state index contributed by atoms with van der Waals surface area (Å²) in [6.07, 6.45) is 0. The molecule has 0 fully saturated rings. The minimum absolute atomic E-state index is 0.0878. The van der Waals surface area contributed by atoms with Crippen molar-refractivity contribution in [2.45, 2.75) is 20.1 Å². The first-order valence-corrected chi connectivity index (χ1v) is 6.95. The monoisotopic (exact) mass is 331 g/mol. The molecule has 0 bridgehead atoms. The van der Waals surface area contributed by atoms with Crippen molar-refractivity contribution < 1.29 is 9.84 Å². The van der Waals surface area contributed by atoms with Crippen LogP contribution in [0.3, 0.4) is 0 Å². The maximum atomic E-state index is 9.41. The second-order valence-corrected chi connectivity index (χ2v) is 5.34. The average molecular weight is 332 g/mol. The van der Waals surface area contributed by atoms with E-state index in [2.05, 4.69) is 22.0 Å². The number of rotatable bonds is 4. The van der Waals surface area contributed by atoms with Crippen LogP contribution in [-0.2, 0) is 13.2 Å². The van der Waals surface area contributed by atoms with Gasteiger partial charge in [-0.25, -0.2) is 0 Å². The highest BCUT2D eigenvalue weighted by Crippen LogP contribution is 2.29. The average Bonchev–Trinajstić information content (AvgIpc) is 2.45. The molecule has 20 heavy (non-hydrogen) atoms. The smallest absolute Gasteiger partial charge is 0.128 e. The number of nitrogens with zero attached hydrogens (tertiary/aromatic N) is 1. The minimum Gasteiger partial charge on any atom is -0.488 e. The molecule has 0 saturated heterocycles. The van der Waals surface area contributed by atoms with Crippen LogP contribution in [0.5, 0.6) is 5.75 Å². The number of ether oxygens (including phenoxy) is 1. The Morgan fingerprint density at radius 1 is 1.25 bits per heavy atom. The number of aliphatic hydroxyl groups excluding tert-OH is 1. The van der Waals surface area contributed by atoms with Crippen molar-refractivity contribution in [3.63, 3.8) is 0 Å². The van der Waals surface area contributed by atoms with Gasteiger partial charge in [0.2, 0.25) is 0 Å². The van der Waals surface area contributed by atoms with Crippen LogP contribution in [-0.4, -0.2) is 5.11 Å². The lowest BCUT2D eigenvalue weighted by Gasteiger charge is -2.14. The molecule has 0 radical (unpaired) electrons. The van der Waals surface area contributed by atoms with Gasteiger partial charge in [-0.2, -0.15) is 5.26 Å². The van der Waals surface area contributed by atoms with Crippen LogP contribution in [0.2, 0.25) is 0 Å². The lowest BCUT2D eigenvalue weighted by atomic mass is 10.1. The summed E-state index contributed by atoms with van der Waals surface area (Å²) in [5.41, 5.74) is 3.11. The lowest BCUT2D eigenvalue weighted by Crippen LogP contribution is -2.02. The predicted octanol–water partition coefficient (Wildman–Crippen LogP) is 3.70. The first-order valence-electron chi connectivity index (χ1n) is 6.16. The third-order valence-corrected chi connectivity index (χ3v) is 3.45. The Balaban J connectivity index is 2.25. The van der Waals surface area contributed by atoms with Crippen LogP contribution in [0.25, 0.3) is 0 Å². The van der Waals surface area contributed by atoms with Crippen LogP contribution < -0.4 is 4.74 Å². The number of hydrogen-bond donors (Lipinski definition) is 1. The Labute approximate surface area is 126 Å². The van der Waals surface area contributed by atoms with Gasteiger partial charge in [-0.1, -0.05) is 34.1 Å². The number of aryl methyl sites for hydroxylation is 1. The van der Waals surface area contributed by atoms with E-state index in [0.717, 1.165) is 21.2 Å². The Morgan fingerprint density at radius 2 is 2.00 bits per heavy atom. The molecule has 0 unspecified atom stereocenters. The summed E-state index contributed by atoms with van der Waals surface area (Å²) in [6, 6.07) is 13.2. The van der Waals surface area contributed by atoms with E-state index < -0.39 is 0 Å². The molecule has 1 N–H and O–H groups in total. The Kier molecular flexibility index (Phi) is 4.78. The van der Waals surface area contributed by atoms with Crippen LogP contribution in [0.4, 0.5) is 0 Å². The zero-order valence-electron chi connectivity index (χ0n) is 11.1. The molecule has 2 aromatic carbocycles. The quantitative estimate of drug-likeness (QED) is 0.929. The molecule has 0 aliphatic rings. The molecule has 0 aliphatic carbocycles. The molecule has 0 atom stereocenters. The fourth-order valence-corrected chi connectivity index (χ4v) is 2.65. The molecule has 3 nitrogen and oxygen atoms in total.